The number of rotatable bonds is 8. The lowest BCUT2D eigenvalue weighted by atomic mass is 10.0. The van der Waals surface area contributed by atoms with Crippen LogP contribution >= 0.6 is 15.9 Å². The van der Waals surface area contributed by atoms with E-state index < -0.39 is 5.97 Å². The first-order chi connectivity index (χ1) is 13.5. The number of carboxylic acid groups (broad SMARTS) is 1. The number of halogens is 1. The summed E-state index contributed by atoms with van der Waals surface area (Å²) in [5.74, 6) is -1.02. The van der Waals surface area contributed by atoms with Gasteiger partial charge in [0.2, 0.25) is 0 Å². The average molecular weight is 445 g/mol. The number of hydrogen-bond donors (Lipinski definition) is 1. The molecule has 28 heavy (non-hydrogen) atoms. The topological polar surface area (TPSA) is 81.3 Å². The molecule has 0 bridgehead atoms. The third-order valence-corrected chi connectivity index (χ3v) is 5.31. The maximum absolute atomic E-state index is 13.0. The standard InChI is InChI=1S/C21H21BrN2O4/c22-12-5-6-13-23-18-10-4-3-9-17(18)19(25)24(21(23)28)14-11-15-7-1-2-8-16(15)20(26)27/h1-4,7-10H,5-6,11-14H2,(H,26,27). The Morgan fingerprint density at radius 3 is 2.39 bits per heavy atom. The molecule has 0 saturated carbocycles. The zero-order chi connectivity index (χ0) is 20.1. The first-order valence-electron chi connectivity index (χ1n) is 9.14. The van der Waals surface area contributed by atoms with E-state index in [4.69, 9.17) is 0 Å². The number of benzene rings is 2. The van der Waals surface area contributed by atoms with Gasteiger partial charge in [0.1, 0.15) is 0 Å². The van der Waals surface area contributed by atoms with Crippen molar-refractivity contribution in [3.63, 3.8) is 0 Å². The number of alkyl halides is 1. The predicted molar refractivity (Wildman–Crippen MR) is 113 cm³/mol. The van der Waals surface area contributed by atoms with Gasteiger partial charge in [-0.05, 0) is 43.0 Å². The summed E-state index contributed by atoms with van der Waals surface area (Å²) in [4.78, 5) is 37.3. The van der Waals surface area contributed by atoms with Crippen molar-refractivity contribution < 1.29 is 9.90 Å². The van der Waals surface area contributed by atoms with Crippen molar-refractivity contribution in [2.75, 3.05) is 5.33 Å². The van der Waals surface area contributed by atoms with Gasteiger partial charge < -0.3 is 5.11 Å². The number of aromatic carboxylic acids is 1. The number of para-hydroxylation sites is 1. The maximum Gasteiger partial charge on any atom is 0.335 e. The van der Waals surface area contributed by atoms with Gasteiger partial charge in [0, 0.05) is 18.4 Å². The molecule has 0 spiro atoms. The van der Waals surface area contributed by atoms with E-state index in [2.05, 4.69) is 15.9 Å². The molecule has 0 fully saturated rings. The zero-order valence-electron chi connectivity index (χ0n) is 15.3. The van der Waals surface area contributed by atoms with E-state index in [1.807, 2.05) is 6.07 Å². The molecular formula is C21H21BrN2O4. The Hall–Kier alpha value is -2.67. The third kappa shape index (κ3) is 4.09. The summed E-state index contributed by atoms with van der Waals surface area (Å²) in [6.45, 7) is 0.655. The summed E-state index contributed by atoms with van der Waals surface area (Å²) < 4.78 is 2.86. The van der Waals surface area contributed by atoms with Crippen LogP contribution in [-0.2, 0) is 19.5 Å². The van der Waals surface area contributed by atoms with Crippen molar-refractivity contribution in [3.8, 4) is 0 Å². The van der Waals surface area contributed by atoms with Crippen molar-refractivity contribution >= 4 is 32.8 Å². The first kappa shape index (κ1) is 20.1. The molecule has 1 N–H and O–H groups in total. The van der Waals surface area contributed by atoms with Crippen molar-refractivity contribution in [3.05, 3.63) is 80.5 Å². The molecule has 1 heterocycles. The molecule has 3 rings (SSSR count). The van der Waals surface area contributed by atoms with Crippen LogP contribution in [0.5, 0.6) is 0 Å². The molecule has 0 radical (unpaired) electrons. The minimum absolute atomic E-state index is 0.130. The molecule has 0 unspecified atom stereocenters. The second kappa shape index (κ2) is 9.01. The van der Waals surface area contributed by atoms with Gasteiger partial charge in [-0.15, -0.1) is 0 Å². The Kier molecular flexibility index (Phi) is 6.46. The molecule has 3 aromatic rings. The summed E-state index contributed by atoms with van der Waals surface area (Å²) in [6, 6.07) is 13.8. The van der Waals surface area contributed by atoms with Crippen molar-refractivity contribution in [1.82, 2.24) is 9.13 Å². The number of unbranched alkanes of at least 4 members (excludes halogenated alkanes) is 1. The highest BCUT2D eigenvalue weighted by Crippen LogP contribution is 2.12. The molecule has 0 aliphatic rings. The minimum Gasteiger partial charge on any atom is -0.478 e. The second-order valence-corrected chi connectivity index (χ2v) is 7.31. The van der Waals surface area contributed by atoms with Gasteiger partial charge in [0.05, 0.1) is 16.5 Å². The number of aryl methyl sites for hydroxylation is 2. The van der Waals surface area contributed by atoms with Gasteiger partial charge in [0.25, 0.3) is 5.56 Å². The van der Waals surface area contributed by atoms with Crippen molar-refractivity contribution in [2.24, 2.45) is 0 Å². The lowest BCUT2D eigenvalue weighted by Crippen LogP contribution is -2.40. The quantitative estimate of drug-likeness (QED) is 0.426. The number of fused-ring (bicyclic) bond motifs is 1. The van der Waals surface area contributed by atoms with Gasteiger partial charge in [-0.3, -0.25) is 13.9 Å². The zero-order valence-corrected chi connectivity index (χ0v) is 16.9. The van der Waals surface area contributed by atoms with E-state index in [-0.39, 0.29) is 29.8 Å². The van der Waals surface area contributed by atoms with Crippen LogP contribution in [0.15, 0.2) is 58.1 Å². The Morgan fingerprint density at radius 2 is 1.64 bits per heavy atom. The van der Waals surface area contributed by atoms with Crippen molar-refractivity contribution in [1.29, 1.82) is 0 Å². The fraction of sp³-hybridized carbons (Fsp3) is 0.286. The van der Waals surface area contributed by atoms with Gasteiger partial charge in [-0.25, -0.2) is 9.59 Å². The Labute approximate surface area is 170 Å². The molecule has 146 valence electrons. The normalized spacial score (nSPS) is 11.0. The largest absolute Gasteiger partial charge is 0.478 e. The van der Waals surface area contributed by atoms with E-state index in [9.17, 15) is 19.5 Å². The van der Waals surface area contributed by atoms with Gasteiger partial charge in [-0.1, -0.05) is 46.3 Å². The lowest BCUT2D eigenvalue weighted by molar-refractivity contribution is 0.0695. The summed E-state index contributed by atoms with van der Waals surface area (Å²) in [5, 5.41) is 10.7. The number of nitrogens with zero attached hydrogens (tertiary/aromatic N) is 2. The van der Waals surface area contributed by atoms with E-state index in [1.165, 1.54) is 10.6 Å². The number of hydrogen-bond acceptors (Lipinski definition) is 3. The number of aromatic nitrogens is 2. The molecule has 7 heteroatoms. The van der Waals surface area contributed by atoms with Crippen LogP contribution in [0.2, 0.25) is 0 Å². The fourth-order valence-electron chi connectivity index (χ4n) is 3.33. The predicted octanol–water partition coefficient (Wildman–Crippen LogP) is 3.28. The number of carbonyl (C=O) groups is 1. The molecule has 6 nitrogen and oxygen atoms in total. The van der Waals surface area contributed by atoms with Gasteiger partial charge in [0.15, 0.2) is 0 Å². The van der Waals surface area contributed by atoms with Crippen LogP contribution in [0.1, 0.15) is 28.8 Å². The van der Waals surface area contributed by atoms with Crippen LogP contribution < -0.4 is 11.2 Å². The van der Waals surface area contributed by atoms with Crippen LogP contribution in [0.25, 0.3) is 10.9 Å². The van der Waals surface area contributed by atoms with Gasteiger partial charge in [-0.2, -0.15) is 0 Å². The van der Waals surface area contributed by atoms with E-state index in [1.54, 1.807) is 41.0 Å². The van der Waals surface area contributed by atoms with Crippen LogP contribution in [0, 0.1) is 0 Å². The molecule has 0 amide bonds. The molecule has 2 aromatic carbocycles. The average Bonchev–Trinajstić information content (AvgIpc) is 2.70. The first-order valence-corrected chi connectivity index (χ1v) is 10.3. The molecule has 0 atom stereocenters. The van der Waals surface area contributed by atoms with E-state index in [0.717, 1.165) is 18.2 Å². The summed E-state index contributed by atoms with van der Waals surface area (Å²) in [5.41, 5.74) is 0.722. The summed E-state index contributed by atoms with van der Waals surface area (Å²) in [7, 11) is 0. The van der Waals surface area contributed by atoms with Crippen LogP contribution in [-0.4, -0.2) is 25.5 Å². The van der Waals surface area contributed by atoms with Crippen LogP contribution in [0.3, 0.4) is 0 Å². The highest BCUT2D eigenvalue weighted by Gasteiger charge is 2.14. The monoisotopic (exact) mass is 444 g/mol. The molecule has 0 aliphatic carbocycles. The van der Waals surface area contributed by atoms with Crippen LogP contribution in [0.4, 0.5) is 0 Å². The maximum atomic E-state index is 13.0. The smallest absolute Gasteiger partial charge is 0.335 e. The fourth-order valence-corrected chi connectivity index (χ4v) is 3.72. The molecule has 1 aromatic heterocycles. The van der Waals surface area contributed by atoms with Gasteiger partial charge >= 0.3 is 11.7 Å². The second-order valence-electron chi connectivity index (χ2n) is 6.52. The highest BCUT2D eigenvalue weighted by atomic mass is 79.9. The highest BCUT2D eigenvalue weighted by molar-refractivity contribution is 9.09. The SMILES string of the molecule is O=C(O)c1ccccc1CCn1c(=O)c2ccccc2n(CCCCBr)c1=O. The number of carboxylic acids is 1. The Bertz CT molecular complexity index is 1120. The summed E-state index contributed by atoms with van der Waals surface area (Å²) in [6.07, 6.45) is 2.03. The third-order valence-electron chi connectivity index (χ3n) is 4.75. The van der Waals surface area contributed by atoms with Crippen molar-refractivity contribution in [2.45, 2.75) is 32.4 Å². The molecule has 0 saturated heterocycles. The molecular weight excluding hydrogens is 424 g/mol. The lowest BCUT2D eigenvalue weighted by Gasteiger charge is -2.14. The molecule has 0 aliphatic heterocycles. The minimum atomic E-state index is -1.02. The Balaban J connectivity index is 2.03. The van der Waals surface area contributed by atoms with E-state index >= 15 is 0 Å². The Morgan fingerprint density at radius 1 is 0.929 bits per heavy atom. The summed E-state index contributed by atoms with van der Waals surface area (Å²) >= 11 is 3.40. The van der Waals surface area contributed by atoms with E-state index in [0.29, 0.717) is 23.0 Å².